The first-order valence-electron chi connectivity index (χ1n) is 7.39. The average Bonchev–Trinajstić information content (AvgIpc) is 2.99. The molecule has 1 aromatic heterocycles. The van der Waals surface area contributed by atoms with E-state index >= 15 is 0 Å². The van der Waals surface area contributed by atoms with Gasteiger partial charge in [-0.3, -0.25) is 4.79 Å². The van der Waals surface area contributed by atoms with Gasteiger partial charge in [-0.1, -0.05) is 41.9 Å². The van der Waals surface area contributed by atoms with Crippen molar-refractivity contribution in [3.63, 3.8) is 0 Å². The van der Waals surface area contributed by atoms with Crippen LogP contribution in [-0.2, 0) is 0 Å². The molecule has 1 fully saturated rings. The summed E-state index contributed by atoms with van der Waals surface area (Å²) in [6.45, 7) is 0.816. The molecule has 2 atom stereocenters. The Labute approximate surface area is 133 Å². The Morgan fingerprint density at radius 1 is 1.41 bits per heavy atom. The molecular formula is C16H18ClN3O2. The molecule has 0 spiro atoms. The highest BCUT2D eigenvalue weighted by Gasteiger charge is 2.29. The number of aliphatic hydroxyl groups excluding tert-OH is 1. The van der Waals surface area contributed by atoms with Gasteiger partial charge in [-0.2, -0.15) is 5.10 Å². The third-order valence-corrected chi connectivity index (χ3v) is 4.51. The topological polar surface area (TPSA) is 69.2 Å². The second-order valence-electron chi connectivity index (χ2n) is 5.55. The van der Waals surface area contributed by atoms with E-state index in [4.69, 9.17) is 11.6 Å². The van der Waals surface area contributed by atoms with Crippen LogP contribution < -0.4 is 10.5 Å². The van der Waals surface area contributed by atoms with Crippen LogP contribution in [0.2, 0.25) is 5.02 Å². The molecule has 0 amide bonds. The van der Waals surface area contributed by atoms with Crippen molar-refractivity contribution in [2.75, 3.05) is 11.4 Å². The standard InChI is InChI=1S/C16H18ClN3O2/c17-15-13(10-18-19-16(15)22)20-8-4-7-12(20)9-14(21)11-5-2-1-3-6-11/h1-3,5-6,10,12,14,21H,4,7-9H2,(H,19,22). The predicted octanol–water partition coefficient (Wildman–Crippen LogP) is 2.52. The molecule has 0 aliphatic carbocycles. The molecule has 1 aliphatic heterocycles. The van der Waals surface area contributed by atoms with E-state index in [0.717, 1.165) is 24.9 Å². The number of hydrogen-bond acceptors (Lipinski definition) is 4. The summed E-state index contributed by atoms with van der Waals surface area (Å²) < 4.78 is 0. The minimum absolute atomic E-state index is 0.149. The molecule has 1 aromatic carbocycles. The molecular weight excluding hydrogens is 302 g/mol. The monoisotopic (exact) mass is 319 g/mol. The number of hydrogen-bond donors (Lipinski definition) is 2. The first-order chi connectivity index (χ1) is 10.7. The van der Waals surface area contributed by atoms with E-state index < -0.39 is 6.10 Å². The number of nitrogens with zero attached hydrogens (tertiary/aromatic N) is 2. The molecule has 22 heavy (non-hydrogen) atoms. The smallest absolute Gasteiger partial charge is 0.285 e. The molecule has 3 rings (SSSR count). The van der Waals surface area contributed by atoms with E-state index in [2.05, 4.69) is 15.1 Å². The molecule has 5 nitrogen and oxygen atoms in total. The Bertz CT molecular complexity index is 689. The van der Waals surface area contributed by atoms with Gasteiger partial charge >= 0.3 is 0 Å². The zero-order chi connectivity index (χ0) is 15.5. The van der Waals surface area contributed by atoms with E-state index in [0.29, 0.717) is 12.1 Å². The van der Waals surface area contributed by atoms with Gasteiger partial charge in [0.2, 0.25) is 0 Å². The molecule has 0 saturated carbocycles. The lowest BCUT2D eigenvalue weighted by atomic mass is 10.0. The second-order valence-corrected chi connectivity index (χ2v) is 5.93. The quantitative estimate of drug-likeness (QED) is 0.908. The normalized spacial score (nSPS) is 19.4. The van der Waals surface area contributed by atoms with E-state index in [-0.39, 0.29) is 16.6 Å². The lowest BCUT2D eigenvalue weighted by Crippen LogP contribution is -2.32. The third-order valence-electron chi connectivity index (χ3n) is 4.14. The number of nitrogens with one attached hydrogen (secondary N) is 1. The van der Waals surface area contributed by atoms with E-state index in [1.807, 2.05) is 30.3 Å². The summed E-state index contributed by atoms with van der Waals surface area (Å²) in [5.74, 6) is 0. The van der Waals surface area contributed by atoms with E-state index in [1.165, 1.54) is 0 Å². The van der Waals surface area contributed by atoms with Crippen molar-refractivity contribution in [1.82, 2.24) is 10.2 Å². The largest absolute Gasteiger partial charge is 0.388 e. The summed E-state index contributed by atoms with van der Waals surface area (Å²) in [4.78, 5) is 13.7. The maximum Gasteiger partial charge on any atom is 0.285 e. The van der Waals surface area contributed by atoms with Crippen LogP contribution in [0.1, 0.15) is 30.9 Å². The fourth-order valence-corrected chi connectivity index (χ4v) is 3.24. The summed E-state index contributed by atoms with van der Waals surface area (Å²) >= 11 is 6.10. The Kier molecular flexibility index (Phi) is 4.45. The van der Waals surface area contributed by atoms with Crippen LogP contribution in [0.3, 0.4) is 0 Å². The van der Waals surface area contributed by atoms with Crippen LogP contribution in [0.15, 0.2) is 41.3 Å². The van der Waals surface area contributed by atoms with Crippen LogP contribution in [0.4, 0.5) is 5.69 Å². The van der Waals surface area contributed by atoms with Crippen molar-refractivity contribution in [1.29, 1.82) is 0 Å². The van der Waals surface area contributed by atoms with Gasteiger partial charge in [0.25, 0.3) is 5.56 Å². The highest BCUT2D eigenvalue weighted by Crippen LogP contribution is 2.33. The SMILES string of the molecule is O=c1[nH]ncc(N2CCCC2CC(O)c2ccccc2)c1Cl. The van der Waals surface area contributed by atoms with Crippen LogP contribution >= 0.6 is 11.6 Å². The molecule has 1 aliphatic rings. The molecule has 2 aromatic rings. The van der Waals surface area contributed by atoms with Crippen molar-refractivity contribution in [2.45, 2.75) is 31.4 Å². The number of anilines is 1. The van der Waals surface area contributed by atoms with Crippen LogP contribution in [0.5, 0.6) is 0 Å². The molecule has 0 bridgehead atoms. The fraction of sp³-hybridized carbons (Fsp3) is 0.375. The Morgan fingerprint density at radius 3 is 2.95 bits per heavy atom. The lowest BCUT2D eigenvalue weighted by Gasteiger charge is -2.28. The van der Waals surface area contributed by atoms with Gasteiger partial charge in [0, 0.05) is 12.6 Å². The number of benzene rings is 1. The number of H-pyrrole nitrogens is 1. The first-order valence-corrected chi connectivity index (χ1v) is 7.77. The third kappa shape index (κ3) is 3.00. The number of aromatic amines is 1. The molecule has 2 heterocycles. The summed E-state index contributed by atoms with van der Waals surface area (Å²) in [5, 5.41) is 16.8. The lowest BCUT2D eigenvalue weighted by molar-refractivity contribution is 0.158. The Balaban J connectivity index is 1.79. The molecule has 116 valence electrons. The summed E-state index contributed by atoms with van der Waals surface area (Å²) in [6.07, 6.45) is 3.63. The Hall–Kier alpha value is -1.85. The second kappa shape index (κ2) is 6.50. The highest BCUT2D eigenvalue weighted by molar-refractivity contribution is 6.33. The number of halogens is 1. The number of rotatable bonds is 4. The van der Waals surface area contributed by atoms with Crippen LogP contribution in [-0.4, -0.2) is 27.9 Å². The van der Waals surface area contributed by atoms with Crippen molar-refractivity contribution < 1.29 is 5.11 Å². The minimum Gasteiger partial charge on any atom is -0.388 e. The first kappa shape index (κ1) is 15.1. The highest BCUT2D eigenvalue weighted by atomic mass is 35.5. The zero-order valence-corrected chi connectivity index (χ0v) is 12.8. The predicted molar refractivity (Wildman–Crippen MR) is 86.3 cm³/mol. The summed E-state index contributed by atoms with van der Waals surface area (Å²) in [7, 11) is 0. The van der Waals surface area contributed by atoms with Crippen molar-refractivity contribution >= 4 is 17.3 Å². The van der Waals surface area contributed by atoms with Gasteiger partial charge < -0.3 is 10.0 Å². The van der Waals surface area contributed by atoms with Gasteiger partial charge in [0.1, 0.15) is 5.02 Å². The van der Waals surface area contributed by atoms with E-state index in [1.54, 1.807) is 6.20 Å². The molecule has 2 unspecified atom stereocenters. The van der Waals surface area contributed by atoms with Crippen molar-refractivity contribution in [3.8, 4) is 0 Å². The maximum atomic E-state index is 11.6. The van der Waals surface area contributed by atoms with Gasteiger partial charge in [0.15, 0.2) is 0 Å². The molecule has 0 radical (unpaired) electrons. The maximum absolute atomic E-state index is 11.6. The molecule has 2 N–H and O–H groups in total. The van der Waals surface area contributed by atoms with Gasteiger partial charge in [-0.15, -0.1) is 0 Å². The fourth-order valence-electron chi connectivity index (χ4n) is 3.04. The molecule has 6 heteroatoms. The van der Waals surface area contributed by atoms with E-state index in [9.17, 15) is 9.90 Å². The molecule has 1 saturated heterocycles. The van der Waals surface area contributed by atoms with Gasteiger partial charge in [-0.25, -0.2) is 5.10 Å². The van der Waals surface area contributed by atoms with Crippen molar-refractivity contribution in [2.24, 2.45) is 0 Å². The number of aromatic nitrogens is 2. The van der Waals surface area contributed by atoms with Crippen LogP contribution in [0.25, 0.3) is 0 Å². The summed E-state index contributed by atoms with van der Waals surface area (Å²) in [6, 6.07) is 9.76. The van der Waals surface area contributed by atoms with Gasteiger partial charge in [0.05, 0.1) is 18.0 Å². The van der Waals surface area contributed by atoms with Crippen molar-refractivity contribution in [3.05, 3.63) is 57.5 Å². The number of aliphatic hydroxyl groups is 1. The zero-order valence-electron chi connectivity index (χ0n) is 12.1. The summed E-state index contributed by atoms with van der Waals surface area (Å²) in [5.41, 5.74) is 1.17. The average molecular weight is 320 g/mol. The minimum atomic E-state index is -0.527. The van der Waals surface area contributed by atoms with Gasteiger partial charge in [-0.05, 0) is 24.8 Å². The van der Waals surface area contributed by atoms with Crippen LogP contribution in [0, 0.1) is 0 Å². The Morgan fingerprint density at radius 2 is 2.18 bits per heavy atom.